The van der Waals surface area contributed by atoms with Crippen LogP contribution in [0.3, 0.4) is 0 Å². The van der Waals surface area contributed by atoms with Crippen molar-refractivity contribution in [3.05, 3.63) is 59.2 Å². The molecule has 4 amide bonds. The molecule has 2 aromatic carbocycles. The van der Waals surface area contributed by atoms with Gasteiger partial charge in [-0.2, -0.15) is 0 Å². The molecule has 2 aromatic rings. The molecule has 0 atom stereocenters. The first-order chi connectivity index (χ1) is 12.9. The molecule has 0 radical (unpaired) electrons. The molecule has 1 aliphatic rings. The largest absolute Gasteiger partial charge is 0.343 e. The molecule has 0 unspecified atom stereocenters. The number of amides is 4. The molecule has 0 saturated carbocycles. The summed E-state index contributed by atoms with van der Waals surface area (Å²) >= 11 is 0. The van der Waals surface area contributed by atoms with Crippen molar-refractivity contribution in [2.75, 3.05) is 29.9 Å². The van der Waals surface area contributed by atoms with Gasteiger partial charge in [0.05, 0.1) is 6.54 Å². The van der Waals surface area contributed by atoms with Crippen LogP contribution in [-0.2, 0) is 4.79 Å². The van der Waals surface area contributed by atoms with Gasteiger partial charge in [-0.05, 0) is 50.2 Å². The fraction of sp³-hybridized carbons (Fsp3) is 0.250. The van der Waals surface area contributed by atoms with Gasteiger partial charge in [0.1, 0.15) is 0 Å². The Balaban J connectivity index is 1.53. The summed E-state index contributed by atoms with van der Waals surface area (Å²) in [7, 11) is 0. The number of nitrogens with zero attached hydrogens (tertiary/aromatic N) is 1. The normalized spacial score (nSPS) is 13.3. The van der Waals surface area contributed by atoms with E-state index in [1.54, 1.807) is 41.3 Å². The van der Waals surface area contributed by atoms with Gasteiger partial charge in [-0.1, -0.05) is 17.2 Å². The van der Waals surface area contributed by atoms with Crippen LogP contribution in [0.1, 0.15) is 21.5 Å². The molecule has 0 bridgehead atoms. The molecule has 1 aliphatic heterocycles. The topological polar surface area (TPSA) is 90.5 Å². The van der Waals surface area contributed by atoms with Gasteiger partial charge < -0.3 is 16.0 Å². The molecule has 0 aliphatic carbocycles. The van der Waals surface area contributed by atoms with Crippen LogP contribution in [-0.4, -0.2) is 37.5 Å². The van der Waals surface area contributed by atoms with Gasteiger partial charge in [0.15, 0.2) is 0 Å². The predicted octanol–water partition coefficient (Wildman–Crippen LogP) is 2.20. The van der Waals surface area contributed by atoms with Gasteiger partial charge in [-0.15, -0.1) is 0 Å². The maximum absolute atomic E-state index is 12.2. The summed E-state index contributed by atoms with van der Waals surface area (Å²) in [6, 6.07) is 12.4. The molecular weight excluding hydrogens is 344 g/mol. The van der Waals surface area contributed by atoms with Crippen LogP contribution < -0.4 is 20.9 Å². The van der Waals surface area contributed by atoms with Crippen molar-refractivity contribution < 1.29 is 14.4 Å². The minimum absolute atomic E-state index is 0.123. The molecule has 1 heterocycles. The minimum atomic E-state index is -0.320. The number of rotatable bonds is 5. The van der Waals surface area contributed by atoms with Crippen LogP contribution in [0.2, 0.25) is 0 Å². The molecule has 7 heteroatoms. The Bertz CT molecular complexity index is 857. The minimum Gasteiger partial charge on any atom is -0.343 e. The third kappa shape index (κ3) is 4.63. The molecule has 27 heavy (non-hydrogen) atoms. The van der Waals surface area contributed by atoms with E-state index in [1.165, 1.54) is 0 Å². The highest BCUT2D eigenvalue weighted by molar-refractivity contribution is 6.00. The summed E-state index contributed by atoms with van der Waals surface area (Å²) in [5, 5.41) is 8.09. The van der Waals surface area contributed by atoms with E-state index in [0.717, 1.165) is 16.8 Å². The predicted molar refractivity (Wildman–Crippen MR) is 104 cm³/mol. The van der Waals surface area contributed by atoms with E-state index < -0.39 is 0 Å². The van der Waals surface area contributed by atoms with E-state index >= 15 is 0 Å². The van der Waals surface area contributed by atoms with Gasteiger partial charge in [-0.25, -0.2) is 4.79 Å². The van der Waals surface area contributed by atoms with E-state index in [4.69, 9.17) is 0 Å². The molecule has 0 spiro atoms. The average molecular weight is 366 g/mol. The number of hydrogen-bond acceptors (Lipinski definition) is 3. The fourth-order valence-electron chi connectivity index (χ4n) is 3.02. The SMILES string of the molecule is Cc1cc(C)cc(C(=O)NCC(=O)Nc2ccc(N3CCNC3=O)cc2)c1. The zero-order valence-corrected chi connectivity index (χ0v) is 15.3. The Morgan fingerprint density at radius 1 is 1.07 bits per heavy atom. The maximum Gasteiger partial charge on any atom is 0.321 e. The highest BCUT2D eigenvalue weighted by Crippen LogP contribution is 2.19. The first-order valence-corrected chi connectivity index (χ1v) is 8.74. The highest BCUT2D eigenvalue weighted by Gasteiger charge is 2.20. The molecule has 1 saturated heterocycles. The van der Waals surface area contributed by atoms with Gasteiger partial charge in [-0.3, -0.25) is 14.5 Å². The van der Waals surface area contributed by atoms with Crippen molar-refractivity contribution in [3.8, 4) is 0 Å². The summed E-state index contributed by atoms with van der Waals surface area (Å²) in [5.41, 5.74) is 3.90. The van der Waals surface area contributed by atoms with Crippen LogP contribution in [0.5, 0.6) is 0 Å². The first kappa shape index (κ1) is 18.4. The number of urea groups is 1. The first-order valence-electron chi connectivity index (χ1n) is 8.74. The van der Waals surface area contributed by atoms with Gasteiger partial charge in [0, 0.05) is 30.0 Å². The van der Waals surface area contributed by atoms with Crippen LogP contribution in [0, 0.1) is 13.8 Å². The van der Waals surface area contributed by atoms with Crippen molar-refractivity contribution in [2.45, 2.75) is 13.8 Å². The van der Waals surface area contributed by atoms with Gasteiger partial charge >= 0.3 is 6.03 Å². The second kappa shape index (κ2) is 7.90. The third-order valence-corrected chi connectivity index (χ3v) is 4.21. The van der Waals surface area contributed by atoms with E-state index in [2.05, 4.69) is 16.0 Å². The number of hydrogen-bond donors (Lipinski definition) is 3. The fourth-order valence-corrected chi connectivity index (χ4v) is 3.02. The Kier molecular flexibility index (Phi) is 5.40. The molecule has 3 N–H and O–H groups in total. The van der Waals surface area contributed by atoms with E-state index in [0.29, 0.717) is 24.3 Å². The standard InChI is InChI=1S/C20H22N4O3/c1-13-9-14(2)11-15(10-13)19(26)22-12-18(25)23-16-3-5-17(6-4-16)24-8-7-21-20(24)27/h3-6,9-11H,7-8,12H2,1-2H3,(H,21,27)(H,22,26)(H,23,25). The highest BCUT2D eigenvalue weighted by atomic mass is 16.2. The summed E-state index contributed by atoms with van der Waals surface area (Å²) in [6.07, 6.45) is 0. The summed E-state index contributed by atoms with van der Waals surface area (Å²) in [5.74, 6) is -0.605. The number of anilines is 2. The lowest BCUT2D eigenvalue weighted by Crippen LogP contribution is -2.33. The molecule has 3 rings (SSSR count). The second-order valence-electron chi connectivity index (χ2n) is 6.54. The number of aryl methyl sites for hydroxylation is 2. The van der Waals surface area contributed by atoms with Crippen molar-refractivity contribution in [2.24, 2.45) is 0 Å². The van der Waals surface area contributed by atoms with Crippen LogP contribution in [0.15, 0.2) is 42.5 Å². The van der Waals surface area contributed by atoms with Crippen molar-refractivity contribution in [1.82, 2.24) is 10.6 Å². The van der Waals surface area contributed by atoms with E-state index in [1.807, 2.05) is 19.9 Å². The number of benzene rings is 2. The Hall–Kier alpha value is -3.35. The Labute approximate surface area is 157 Å². The monoisotopic (exact) mass is 366 g/mol. The van der Waals surface area contributed by atoms with Crippen LogP contribution in [0.4, 0.5) is 16.2 Å². The number of carbonyl (C=O) groups excluding carboxylic acids is 3. The lowest BCUT2D eigenvalue weighted by Gasteiger charge is -2.14. The quantitative estimate of drug-likeness (QED) is 0.758. The number of carbonyl (C=O) groups is 3. The summed E-state index contributed by atoms with van der Waals surface area (Å²) < 4.78 is 0. The van der Waals surface area contributed by atoms with Crippen LogP contribution >= 0.6 is 0 Å². The Morgan fingerprint density at radius 3 is 2.33 bits per heavy atom. The second-order valence-corrected chi connectivity index (χ2v) is 6.54. The zero-order valence-electron chi connectivity index (χ0n) is 15.3. The molecule has 1 fully saturated rings. The van der Waals surface area contributed by atoms with E-state index in [9.17, 15) is 14.4 Å². The summed E-state index contributed by atoms with van der Waals surface area (Å²) in [4.78, 5) is 37.6. The lowest BCUT2D eigenvalue weighted by atomic mass is 10.1. The zero-order chi connectivity index (χ0) is 19.4. The van der Waals surface area contributed by atoms with Gasteiger partial charge in [0.25, 0.3) is 5.91 Å². The average Bonchev–Trinajstić information content (AvgIpc) is 3.05. The van der Waals surface area contributed by atoms with Crippen LogP contribution in [0.25, 0.3) is 0 Å². The summed E-state index contributed by atoms with van der Waals surface area (Å²) in [6.45, 7) is 4.96. The molecule has 140 valence electrons. The molecular formula is C20H22N4O3. The van der Waals surface area contributed by atoms with Crippen molar-refractivity contribution in [1.29, 1.82) is 0 Å². The van der Waals surface area contributed by atoms with Gasteiger partial charge in [0.2, 0.25) is 5.91 Å². The lowest BCUT2D eigenvalue weighted by molar-refractivity contribution is -0.115. The van der Waals surface area contributed by atoms with Crippen molar-refractivity contribution >= 4 is 29.2 Å². The smallest absolute Gasteiger partial charge is 0.321 e. The number of nitrogens with one attached hydrogen (secondary N) is 3. The van der Waals surface area contributed by atoms with Crippen molar-refractivity contribution in [3.63, 3.8) is 0 Å². The Morgan fingerprint density at radius 2 is 1.74 bits per heavy atom. The molecule has 7 nitrogen and oxygen atoms in total. The van der Waals surface area contributed by atoms with E-state index in [-0.39, 0.29) is 24.4 Å². The molecule has 0 aromatic heterocycles. The third-order valence-electron chi connectivity index (χ3n) is 4.21. The maximum atomic E-state index is 12.2.